The first-order chi connectivity index (χ1) is 9.43. The van der Waals surface area contributed by atoms with Crippen molar-refractivity contribution in [1.82, 2.24) is 4.90 Å². The molecule has 0 atom stereocenters. The molecule has 0 aliphatic rings. The molecule has 3 N–H and O–H groups in total. The number of nitrogens with one attached hydrogen (secondary N) is 1. The van der Waals surface area contributed by atoms with E-state index in [0.717, 1.165) is 19.4 Å². The summed E-state index contributed by atoms with van der Waals surface area (Å²) < 4.78 is 4.74. The minimum Gasteiger partial charge on any atom is -0.465 e. The third-order valence-corrected chi connectivity index (χ3v) is 3.90. The van der Waals surface area contributed by atoms with Gasteiger partial charge >= 0.3 is 5.97 Å². The Morgan fingerprint density at radius 3 is 2.55 bits per heavy atom. The highest BCUT2D eigenvalue weighted by molar-refractivity contribution is 7.19. The van der Waals surface area contributed by atoms with Crippen LogP contribution in [0.25, 0.3) is 0 Å². The molecule has 0 aliphatic carbocycles. The van der Waals surface area contributed by atoms with Crippen LogP contribution in [0.15, 0.2) is 0 Å². The van der Waals surface area contributed by atoms with Crippen molar-refractivity contribution in [3.8, 4) is 0 Å². The molecule has 7 heteroatoms. The number of hydrogen-bond donors (Lipinski definition) is 2. The van der Waals surface area contributed by atoms with Gasteiger partial charge in [-0.15, -0.1) is 11.3 Å². The number of carbonyl (C=O) groups excluding carboxylic acids is 2. The minimum atomic E-state index is -0.532. The smallest absolute Gasteiger partial charge is 0.343 e. The molecule has 1 aromatic heterocycles. The third-order valence-electron chi connectivity index (χ3n) is 2.75. The van der Waals surface area contributed by atoms with Crippen LogP contribution in [-0.2, 0) is 4.74 Å². The summed E-state index contributed by atoms with van der Waals surface area (Å²) in [4.78, 5) is 25.7. The van der Waals surface area contributed by atoms with Crippen molar-refractivity contribution in [3.05, 3.63) is 10.4 Å². The normalized spacial score (nSPS) is 10.2. The zero-order valence-corrected chi connectivity index (χ0v) is 13.1. The van der Waals surface area contributed by atoms with Gasteiger partial charge in [0.1, 0.15) is 15.4 Å². The molecule has 0 aliphatic heterocycles. The highest BCUT2D eigenvalue weighted by atomic mass is 32.1. The SMILES string of the molecule is CCCCNc1sc(C(=O)N(C)C)c(N)c1C(=O)OC. The summed E-state index contributed by atoms with van der Waals surface area (Å²) in [5.74, 6) is -0.753. The lowest BCUT2D eigenvalue weighted by Crippen LogP contribution is -2.21. The lowest BCUT2D eigenvalue weighted by atomic mass is 10.2. The van der Waals surface area contributed by atoms with E-state index in [0.29, 0.717) is 9.88 Å². The van der Waals surface area contributed by atoms with Gasteiger partial charge in [0.25, 0.3) is 5.91 Å². The van der Waals surface area contributed by atoms with Gasteiger partial charge in [0, 0.05) is 20.6 Å². The number of nitrogens with two attached hydrogens (primary N) is 1. The maximum atomic E-state index is 12.0. The first kappa shape index (κ1) is 16.3. The fourth-order valence-electron chi connectivity index (χ4n) is 1.61. The number of nitrogen functional groups attached to an aromatic ring is 1. The molecule has 0 aromatic carbocycles. The molecule has 1 heterocycles. The molecule has 0 unspecified atom stereocenters. The van der Waals surface area contributed by atoms with Crippen molar-refractivity contribution in [3.63, 3.8) is 0 Å². The molecule has 0 spiro atoms. The van der Waals surface area contributed by atoms with Gasteiger partial charge in [-0.05, 0) is 6.42 Å². The molecule has 6 nitrogen and oxygen atoms in total. The molecule has 0 saturated carbocycles. The molecule has 0 bridgehead atoms. The standard InChI is InChI=1S/C13H21N3O3S/c1-5-6-7-15-11-8(13(18)19-4)9(14)10(20-11)12(17)16(2)3/h15H,5-7,14H2,1-4H3. The largest absolute Gasteiger partial charge is 0.465 e. The lowest BCUT2D eigenvalue weighted by molar-refractivity contribution is 0.0603. The van der Waals surface area contributed by atoms with Gasteiger partial charge < -0.3 is 20.7 Å². The molecule has 1 amide bonds. The molecule has 1 aromatic rings. The average molecular weight is 299 g/mol. The van der Waals surface area contributed by atoms with Crippen molar-refractivity contribution in [2.75, 3.05) is 38.8 Å². The molecule has 112 valence electrons. The number of carbonyl (C=O) groups is 2. The molecular formula is C13H21N3O3S. The quantitative estimate of drug-likeness (QED) is 0.620. The van der Waals surface area contributed by atoms with Crippen LogP contribution >= 0.6 is 11.3 Å². The van der Waals surface area contributed by atoms with Crippen molar-refractivity contribution in [2.24, 2.45) is 0 Å². The van der Waals surface area contributed by atoms with E-state index in [1.165, 1.54) is 23.3 Å². The second-order valence-corrected chi connectivity index (χ2v) is 5.54. The maximum absolute atomic E-state index is 12.0. The van der Waals surface area contributed by atoms with E-state index >= 15 is 0 Å². The molecule has 0 fully saturated rings. The summed E-state index contributed by atoms with van der Waals surface area (Å²) in [5.41, 5.74) is 6.37. The first-order valence-electron chi connectivity index (χ1n) is 6.40. The zero-order chi connectivity index (χ0) is 15.3. The number of anilines is 2. The van der Waals surface area contributed by atoms with Gasteiger partial charge in [0.05, 0.1) is 12.8 Å². The first-order valence-corrected chi connectivity index (χ1v) is 7.21. The minimum absolute atomic E-state index is 0.180. The van der Waals surface area contributed by atoms with Gasteiger partial charge in [0.15, 0.2) is 0 Å². The summed E-state index contributed by atoms with van der Waals surface area (Å²) >= 11 is 1.19. The summed E-state index contributed by atoms with van der Waals surface area (Å²) in [5, 5.41) is 3.74. The van der Waals surface area contributed by atoms with E-state index in [9.17, 15) is 9.59 Å². The predicted octanol–water partition coefficient (Wildman–Crippen LogP) is 2.03. The van der Waals surface area contributed by atoms with E-state index in [1.807, 2.05) is 0 Å². The fraction of sp³-hybridized carbons (Fsp3) is 0.538. The topological polar surface area (TPSA) is 84.7 Å². The van der Waals surface area contributed by atoms with E-state index in [-0.39, 0.29) is 17.2 Å². The van der Waals surface area contributed by atoms with E-state index in [2.05, 4.69) is 12.2 Å². The zero-order valence-electron chi connectivity index (χ0n) is 12.3. The van der Waals surface area contributed by atoms with Crippen LogP contribution in [0, 0.1) is 0 Å². The van der Waals surface area contributed by atoms with E-state index in [4.69, 9.17) is 10.5 Å². The van der Waals surface area contributed by atoms with Crippen LogP contribution in [0.4, 0.5) is 10.7 Å². The molecule has 1 rings (SSSR count). The Morgan fingerprint density at radius 2 is 2.05 bits per heavy atom. The number of nitrogens with zero attached hydrogens (tertiary/aromatic N) is 1. The lowest BCUT2D eigenvalue weighted by Gasteiger charge is -2.08. The van der Waals surface area contributed by atoms with Gasteiger partial charge in [-0.25, -0.2) is 4.79 Å². The highest BCUT2D eigenvalue weighted by Gasteiger charge is 2.26. The molecule has 0 saturated heterocycles. The van der Waals surface area contributed by atoms with E-state index < -0.39 is 5.97 Å². The maximum Gasteiger partial charge on any atom is 0.343 e. The Bertz CT molecular complexity index is 497. The second-order valence-electron chi connectivity index (χ2n) is 4.52. The Kier molecular flexibility index (Phi) is 5.82. The van der Waals surface area contributed by atoms with Crippen molar-refractivity contribution in [1.29, 1.82) is 0 Å². The van der Waals surface area contributed by atoms with Crippen molar-refractivity contribution >= 4 is 33.9 Å². The Balaban J connectivity index is 3.17. The number of rotatable bonds is 6. The third kappa shape index (κ3) is 3.41. The van der Waals surface area contributed by atoms with Crippen LogP contribution in [0.5, 0.6) is 0 Å². The number of unbranched alkanes of at least 4 members (excludes halogenated alkanes) is 1. The van der Waals surface area contributed by atoms with Gasteiger partial charge in [-0.1, -0.05) is 13.3 Å². The summed E-state index contributed by atoms with van der Waals surface area (Å²) in [6, 6.07) is 0. The highest BCUT2D eigenvalue weighted by Crippen LogP contribution is 2.36. The number of esters is 1. The number of amides is 1. The van der Waals surface area contributed by atoms with Gasteiger partial charge in [0.2, 0.25) is 0 Å². The van der Waals surface area contributed by atoms with Gasteiger partial charge in [-0.2, -0.15) is 0 Å². The Hall–Kier alpha value is -1.76. The Labute approximate surface area is 122 Å². The van der Waals surface area contributed by atoms with Crippen LogP contribution in [-0.4, -0.2) is 44.5 Å². The number of methoxy groups -OCH3 is 1. The Morgan fingerprint density at radius 1 is 1.40 bits per heavy atom. The second kappa shape index (κ2) is 7.14. The average Bonchev–Trinajstić information content (AvgIpc) is 2.74. The summed E-state index contributed by atoms with van der Waals surface area (Å²) in [6.45, 7) is 2.79. The van der Waals surface area contributed by atoms with Crippen LogP contribution in [0.1, 0.15) is 39.8 Å². The summed E-state index contributed by atoms with van der Waals surface area (Å²) in [7, 11) is 4.58. The monoisotopic (exact) mass is 299 g/mol. The molecule has 0 radical (unpaired) electrons. The number of hydrogen-bond acceptors (Lipinski definition) is 6. The molecule has 20 heavy (non-hydrogen) atoms. The van der Waals surface area contributed by atoms with Crippen molar-refractivity contribution < 1.29 is 14.3 Å². The number of thiophene rings is 1. The van der Waals surface area contributed by atoms with Crippen LogP contribution < -0.4 is 11.1 Å². The fourth-order valence-corrected chi connectivity index (χ4v) is 2.77. The molecular weight excluding hydrogens is 278 g/mol. The van der Waals surface area contributed by atoms with Gasteiger partial charge in [-0.3, -0.25) is 4.79 Å². The van der Waals surface area contributed by atoms with Crippen molar-refractivity contribution in [2.45, 2.75) is 19.8 Å². The number of ether oxygens (including phenoxy) is 1. The van der Waals surface area contributed by atoms with E-state index in [1.54, 1.807) is 14.1 Å². The predicted molar refractivity (Wildman–Crippen MR) is 81.5 cm³/mol. The van der Waals surface area contributed by atoms with Crippen LogP contribution in [0.3, 0.4) is 0 Å². The summed E-state index contributed by atoms with van der Waals surface area (Å²) in [6.07, 6.45) is 2.00. The van der Waals surface area contributed by atoms with Crippen LogP contribution in [0.2, 0.25) is 0 Å².